The molecular weight excluding hydrogens is 526 g/mol. The van der Waals surface area contributed by atoms with Gasteiger partial charge in [-0.2, -0.15) is 0 Å². The van der Waals surface area contributed by atoms with E-state index in [9.17, 15) is 0 Å². The summed E-state index contributed by atoms with van der Waals surface area (Å²) in [6.07, 6.45) is 16.2. The molecule has 0 radical (unpaired) electrons. The molecule has 0 amide bonds. The molecule has 26 heavy (non-hydrogen) atoms. The predicted molar refractivity (Wildman–Crippen MR) is 114 cm³/mol. The Hall–Kier alpha value is -1.28. The summed E-state index contributed by atoms with van der Waals surface area (Å²) < 4.78 is 5.04. The van der Waals surface area contributed by atoms with Crippen LogP contribution in [0.5, 0.6) is 0 Å². The third kappa shape index (κ3) is 4.52. The first-order valence-electron chi connectivity index (χ1n) is 8.51. The summed E-state index contributed by atoms with van der Waals surface area (Å²) in [5.41, 5.74) is 2.82. The molecule has 2 aromatic carbocycles. The van der Waals surface area contributed by atoms with Gasteiger partial charge in [0.25, 0.3) is 0 Å². The molecule has 0 unspecified atom stereocenters. The molecule has 0 nitrogen and oxygen atoms in total. The first-order chi connectivity index (χ1) is 11.9. The van der Waals surface area contributed by atoms with Crippen molar-refractivity contribution in [2.24, 2.45) is 0 Å². The summed E-state index contributed by atoms with van der Waals surface area (Å²) in [7, 11) is 0. The van der Waals surface area contributed by atoms with E-state index < -0.39 is 21.0 Å². The molecule has 3 heteroatoms. The summed E-state index contributed by atoms with van der Waals surface area (Å²) in [6.45, 7) is 0. The fourth-order valence-electron chi connectivity index (χ4n) is 3.46. The van der Waals surface area contributed by atoms with Crippen molar-refractivity contribution in [3.63, 3.8) is 0 Å². The van der Waals surface area contributed by atoms with Crippen LogP contribution in [0.25, 0.3) is 0 Å². The molecule has 0 atom stereocenters. The van der Waals surface area contributed by atoms with Crippen molar-refractivity contribution < 1.29 is 21.0 Å². The Morgan fingerprint density at radius 3 is 1.38 bits per heavy atom. The van der Waals surface area contributed by atoms with Gasteiger partial charge in [0.2, 0.25) is 0 Å². The molecule has 0 aliphatic heterocycles. The van der Waals surface area contributed by atoms with Crippen LogP contribution in [-0.4, -0.2) is 3.26 Å². The largest absolute Gasteiger partial charge is 0.147 e. The normalized spacial score (nSPS) is 14.2. The number of hydrogen-bond acceptors (Lipinski definition) is 0. The van der Waals surface area contributed by atoms with Crippen molar-refractivity contribution in [3.8, 4) is 0 Å². The van der Waals surface area contributed by atoms with Gasteiger partial charge in [-0.1, -0.05) is 0 Å². The van der Waals surface area contributed by atoms with Gasteiger partial charge in [0, 0.05) is 0 Å². The molecular formula is C23H22Cl2Hf. The monoisotopic (exact) mass is 548 g/mol. The van der Waals surface area contributed by atoms with Gasteiger partial charge in [0.1, 0.15) is 0 Å². The van der Waals surface area contributed by atoms with Crippen LogP contribution >= 0.6 is 24.8 Å². The van der Waals surface area contributed by atoms with Crippen LogP contribution < -0.4 is 0 Å². The molecule has 2 aromatic rings. The second kappa shape index (κ2) is 10.2. The topological polar surface area (TPSA) is 0 Å². The quantitative estimate of drug-likeness (QED) is 0.389. The Labute approximate surface area is 175 Å². The summed E-state index contributed by atoms with van der Waals surface area (Å²) in [4.78, 5) is 0. The summed E-state index contributed by atoms with van der Waals surface area (Å²) in [6, 6.07) is 22.1. The smallest absolute Gasteiger partial charge is 0.147 e. The average Bonchev–Trinajstić information content (AvgIpc) is 3.35. The zero-order chi connectivity index (χ0) is 16.2. The fraction of sp³-hybridized carbons (Fsp3) is 0.0870. The first-order valence-corrected chi connectivity index (χ1v) is 13.9. The summed E-state index contributed by atoms with van der Waals surface area (Å²) in [5, 5.41) is 0. The molecule has 0 saturated carbocycles. The molecule has 0 heterocycles. The van der Waals surface area contributed by atoms with Crippen molar-refractivity contribution in [1.29, 1.82) is 0 Å². The number of rotatable bonds is 4. The summed E-state index contributed by atoms with van der Waals surface area (Å²) >= 11 is -2.32. The fourth-order valence-corrected chi connectivity index (χ4v) is 14.7. The van der Waals surface area contributed by atoms with E-state index in [1.165, 1.54) is 11.1 Å². The third-order valence-corrected chi connectivity index (χ3v) is 15.7. The predicted octanol–water partition coefficient (Wildman–Crippen LogP) is 6.40. The Kier molecular flexibility index (Phi) is 8.21. The molecule has 0 N–H and O–H groups in total. The van der Waals surface area contributed by atoms with E-state index in [0.29, 0.717) is 0 Å². The zero-order valence-corrected chi connectivity index (χ0v) is 19.7. The minimum Gasteiger partial charge on any atom is -0.147 e. The van der Waals surface area contributed by atoms with Crippen molar-refractivity contribution in [2.75, 3.05) is 0 Å². The SMILES string of the molecule is C1=CC[C]([Hf]([C]2=CC=CC2)=[C](c2ccccc2)c2ccccc2)=C1.Cl.Cl. The van der Waals surface area contributed by atoms with Gasteiger partial charge in [-0.25, -0.2) is 0 Å². The van der Waals surface area contributed by atoms with Crippen molar-refractivity contribution in [2.45, 2.75) is 12.8 Å². The minimum atomic E-state index is -2.32. The molecule has 0 bridgehead atoms. The van der Waals surface area contributed by atoms with Crippen LogP contribution in [0.3, 0.4) is 0 Å². The van der Waals surface area contributed by atoms with Gasteiger partial charge in [-0.05, 0) is 0 Å². The average molecular weight is 548 g/mol. The van der Waals surface area contributed by atoms with E-state index in [2.05, 4.69) is 97.1 Å². The molecule has 4 rings (SSSR count). The van der Waals surface area contributed by atoms with Gasteiger partial charge in [0.05, 0.1) is 0 Å². The number of halogens is 2. The van der Waals surface area contributed by atoms with Gasteiger partial charge in [-0.3, -0.25) is 0 Å². The first kappa shape index (κ1) is 21.0. The molecule has 0 saturated heterocycles. The van der Waals surface area contributed by atoms with Gasteiger partial charge in [0.15, 0.2) is 0 Å². The molecule has 0 spiro atoms. The summed E-state index contributed by atoms with van der Waals surface area (Å²) in [5.74, 6) is 0. The Bertz CT molecular complexity index is 815. The number of benzene rings is 2. The van der Waals surface area contributed by atoms with Crippen LogP contribution in [0.15, 0.2) is 104 Å². The molecule has 0 aromatic heterocycles. The number of hydrogen-bond donors (Lipinski definition) is 0. The van der Waals surface area contributed by atoms with E-state index in [1.54, 1.807) is 9.91 Å². The standard InChI is InChI=1S/C13H10.2C5H5.2ClH.Hf/c1-3-7-12(8-4-1)11-13-9-5-2-6-10-13;2*1-2-4-5-3-1;;;/h1-10H;2*1-3H,4H2;2*1H;. The van der Waals surface area contributed by atoms with Crippen LogP contribution in [0.2, 0.25) is 0 Å². The molecule has 2 aliphatic rings. The Balaban J connectivity index is 0.00000121. The second-order valence-corrected chi connectivity index (χ2v) is 15.2. The maximum atomic E-state index is 2.40. The van der Waals surface area contributed by atoms with Crippen LogP contribution in [-0.2, 0) is 21.0 Å². The van der Waals surface area contributed by atoms with E-state index in [-0.39, 0.29) is 24.8 Å². The minimum absolute atomic E-state index is 0. The zero-order valence-electron chi connectivity index (χ0n) is 14.5. The maximum Gasteiger partial charge on any atom is -0.147 e. The second-order valence-electron chi connectivity index (χ2n) is 6.13. The molecule has 132 valence electrons. The number of allylic oxidation sites excluding steroid dienone is 8. The van der Waals surface area contributed by atoms with Crippen molar-refractivity contribution in [3.05, 3.63) is 115 Å². The molecule has 0 fully saturated rings. The van der Waals surface area contributed by atoms with Crippen LogP contribution in [0.1, 0.15) is 24.0 Å². The van der Waals surface area contributed by atoms with Gasteiger partial charge >= 0.3 is 152 Å². The third-order valence-electron chi connectivity index (χ3n) is 4.56. The maximum absolute atomic E-state index is 2.40. The van der Waals surface area contributed by atoms with E-state index in [1.807, 2.05) is 0 Å². The van der Waals surface area contributed by atoms with Crippen LogP contribution in [0, 0.1) is 0 Å². The Morgan fingerprint density at radius 1 is 0.615 bits per heavy atom. The Morgan fingerprint density at radius 2 is 1.04 bits per heavy atom. The van der Waals surface area contributed by atoms with E-state index in [0.717, 1.165) is 12.8 Å². The van der Waals surface area contributed by atoms with E-state index >= 15 is 0 Å². The van der Waals surface area contributed by atoms with Crippen molar-refractivity contribution in [1.82, 2.24) is 0 Å². The van der Waals surface area contributed by atoms with Crippen molar-refractivity contribution >= 4 is 28.1 Å². The van der Waals surface area contributed by atoms with E-state index in [4.69, 9.17) is 0 Å². The van der Waals surface area contributed by atoms with Crippen LogP contribution in [0.4, 0.5) is 0 Å². The molecule has 2 aliphatic carbocycles. The van der Waals surface area contributed by atoms with Gasteiger partial charge in [-0.15, -0.1) is 24.8 Å². The van der Waals surface area contributed by atoms with Gasteiger partial charge < -0.3 is 0 Å².